The van der Waals surface area contributed by atoms with Crippen LogP contribution in [-0.2, 0) is 28.9 Å². The molecule has 5 atom stereocenters. The fraction of sp³-hybridized carbons (Fsp3) is 0.432. The van der Waals surface area contributed by atoms with Gasteiger partial charge in [-0.1, -0.05) is 68.4 Å². The molecule has 1 fully saturated rings. The summed E-state index contributed by atoms with van der Waals surface area (Å²) in [5.74, 6) is 0.404. The lowest BCUT2D eigenvalue weighted by Gasteiger charge is -2.38. The van der Waals surface area contributed by atoms with Crippen molar-refractivity contribution in [3.63, 3.8) is 0 Å². The molecule has 1 aliphatic rings. The second-order valence-electron chi connectivity index (χ2n) is 15.3. The molecule has 0 saturated carbocycles. The van der Waals surface area contributed by atoms with Gasteiger partial charge in [0.15, 0.2) is 23.6 Å². The van der Waals surface area contributed by atoms with Crippen molar-refractivity contribution < 1.29 is 37.2 Å². The van der Waals surface area contributed by atoms with Crippen LogP contribution in [0.1, 0.15) is 70.9 Å². The third-order valence-corrected chi connectivity index (χ3v) is 12.4. The Balaban J connectivity index is 1.46. The van der Waals surface area contributed by atoms with Crippen molar-refractivity contribution >= 4 is 31.5 Å². The highest BCUT2D eigenvalue weighted by molar-refractivity contribution is 7.44. The number of methoxy groups -OCH3 is 2. The van der Waals surface area contributed by atoms with E-state index < -0.39 is 50.2 Å². The number of nitrogens with one attached hydrogen (secondary N) is 2. The fourth-order valence-electron chi connectivity index (χ4n) is 7.28. The molecule has 6 rings (SSSR count). The summed E-state index contributed by atoms with van der Waals surface area (Å²) in [6, 6.07) is 26.5. The lowest BCUT2D eigenvalue weighted by molar-refractivity contribution is -0.118. The number of benzene rings is 3. The van der Waals surface area contributed by atoms with Crippen molar-refractivity contribution in [1.82, 2.24) is 24.2 Å². The van der Waals surface area contributed by atoms with Gasteiger partial charge in [-0.3, -0.25) is 24.5 Å². The average Bonchev–Trinajstić information content (AvgIpc) is 3.81. The van der Waals surface area contributed by atoms with Crippen LogP contribution in [0.3, 0.4) is 0 Å². The number of imidazole rings is 1. The number of amides is 1. The molecular weight excluding hydrogens is 804 g/mol. The lowest BCUT2D eigenvalue weighted by Crippen LogP contribution is -2.39. The fourth-order valence-corrected chi connectivity index (χ4v) is 9.01. The van der Waals surface area contributed by atoms with Gasteiger partial charge in [0, 0.05) is 18.0 Å². The van der Waals surface area contributed by atoms with Crippen LogP contribution in [-0.4, -0.2) is 88.0 Å². The number of aromatic nitrogens is 4. The lowest BCUT2D eigenvalue weighted by atomic mass is 9.80. The third kappa shape index (κ3) is 9.78. The molecule has 15 nitrogen and oxygen atoms in total. The molecular formula is C44H53FN7O8P. The number of nitrogens with zero attached hydrogens (tertiary/aromatic N) is 5. The molecule has 1 saturated heterocycles. The zero-order valence-electron chi connectivity index (χ0n) is 35.6. The van der Waals surface area contributed by atoms with Crippen molar-refractivity contribution in [3.05, 3.63) is 112 Å². The van der Waals surface area contributed by atoms with Crippen molar-refractivity contribution in [1.29, 1.82) is 5.26 Å². The van der Waals surface area contributed by atoms with Gasteiger partial charge in [-0.15, -0.1) is 0 Å². The number of fused-ring (bicyclic) bond motifs is 1. The van der Waals surface area contributed by atoms with E-state index in [1.165, 1.54) is 10.9 Å². The first-order valence-corrected chi connectivity index (χ1v) is 21.3. The first-order chi connectivity index (χ1) is 29.3. The summed E-state index contributed by atoms with van der Waals surface area (Å²) in [6.45, 7) is 11.1. The molecule has 5 aromatic rings. The molecule has 0 bridgehead atoms. The van der Waals surface area contributed by atoms with Crippen LogP contribution in [0.15, 0.2) is 90.0 Å². The highest BCUT2D eigenvalue weighted by Gasteiger charge is 2.51. The molecule has 17 heteroatoms. The average molecular weight is 858 g/mol. The molecule has 1 aliphatic heterocycles. The minimum absolute atomic E-state index is 0.0320. The first-order valence-electron chi connectivity index (χ1n) is 20.1. The van der Waals surface area contributed by atoms with Gasteiger partial charge in [0.25, 0.3) is 14.1 Å². The molecule has 2 aromatic heterocycles. The monoisotopic (exact) mass is 857 g/mol. The summed E-state index contributed by atoms with van der Waals surface area (Å²) in [7, 11) is 1.20. The Morgan fingerprint density at radius 2 is 1.56 bits per heavy atom. The molecule has 0 spiro atoms. The van der Waals surface area contributed by atoms with Crippen LogP contribution in [0.25, 0.3) is 11.2 Å². The minimum Gasteiger partial charge on any atom is -0.497 e. The van der Waals surface area contributed by atoms with Crippen LogP contribution in [0.5, 0.6) is 11.5 Å². The SMILES string of the molecule is COc1ccc(C(OC[C@H]2O[C@@H](n3cnc4c(=O)[nH]c(NC(=O)C(C)C)nc43)[C@H](OP(OCCC#N)N(C(C)C)C(C)C)[C@@H]2F)(c2ccccc2)c2ccc(OC)cc2)cc1. The number of H-pyrrole nitrogens is 1. The van der Waals surface area contributed by atoms with Gasteiger partial charge in [0.2, 0.25) is 11.9 Å². The van der Waals surface area contributed by atoms with Crippen LogP contribution < -0.4 is 20.3 Å². The predicted octanol–water partition coefficient (Wildman–Crippen LogP) is 7.64. The molecule has 2 N–H and O–H groups in total. The standard InChI is InChI=1S/C44H53FN7O8P/c1-27(2)40(53)49-43-48-39-37(41(54)50-43)47-26-51(39)42-38(60-61(58-24-12-23-46)52(28(3)4)29(5)6)36(45)35(59-42)25-57-44(30-13-10-9-11-14-30,31-15-19-33(55-7)20-16-31)32-17-21-34(56-8)22-18-32/h9-11,13-22,26-29,35-36,38,42H,12,24-25H2,1-8H3,(H2,48,49,50,53,54)/t35-,36-,38-,42-,61?/m1/s1. The summed E-state index contributed by atoms with van der Waals surface area (Å²) < 4.78 is 58.7. The summed E-state index contributed by atoms with van der Waals surface area (Å²) in [6.07, 6.45) is -4.28. The van der Waals surface area contributed by atoms with Gasteiger partial charge in [-0.25, -0.2) is 14.0 Å². The van der Waals surface area contributed by atoms with Crippen LogP contribution in [0, 0.1) is 17.2 Å². The van der Waals surface area contributed by atoms with E-state index in [9.17, 15) is 14.9 Å². The normalized spacial score (nSPS) is 18.6. The zero-order valence-corrected chi connectivity index (χ0v) is 36.5. The number of alkyl halides is 1. The maximum absolute atomic E-state index is 17.7. The quantitative estimate of drug-likeness (QED) is 0.0473. The van der Waals surface area contributed by atoms with E-state index in [2.05, 4.69) is 26.3 Å². The smallest absolute Gasteiger partial charge is 0.280 e. The number of carbonyl (C=O) groups is 1. The van der Waals surface area contributed by atoms with Gasteiger partial charge in [0.05, 0.1) is 46.3 Å². The highest BCUT2D eigenvalue weighted by atomic mass is 31.2. The maximum Gasteiger partial charge on any atom is 0.280 e. The van der Waals surface area contributed by atoms with Gasteiger partial charge in [0.1, 0.15) is 29.3 Å². The van der Waals surface area contributed by atoms with Crippen LogP contribution in [0.2, 0.25) is 0 Å². The van der Waals surface area contributed by atoms with Crippen LogP contribution >= 0.6 is 8.53 Å². The van der Waals surface area contributed by atoms with E-state index in [0.29, 0.717) is 11.5 Å². The number of ether oxygens (including phenoxy) is 4. The predicted molar refractivity (Wildman–Crippen MR) is 229 cm³/mol. The van der Waals surface area contributed by atoms with Gasteiger partial charge in [-0.2, -0.15) is 10.2 Å². The van der Waals surface area contributed by atoms with E-state index >= 15 is 4.39 Å². The van der Waals surface area contributed by atoms with E-state index in [0.717, 1.165) is 16.7 Å². The number of carbonyl (C=O) groups excluding carboxylic acids is 1. The van der Waals surface area contributed by atoms with E-state index in [1.54, 1.807) is 28.1 Å². The van der Waals surface area contributed by atoms with Crippen molar-refractivity contribution in [2.24, 2.45) is 5.92 Å². The number of hydrogen-bond acceptors (Lipinski definition) is 12. The Morgan fingerprint density at radius 3 is 2.10 bits per heavy atom. The topological polar surface area (TPSA) is 175 Å². The molecule has 0 aliphatic carbocycles. The second kappa shape index (κ2) is 20.1. The number of aromatic amines is 1. The number of anilines is 1. The first kappa shape index (κ1) is 45.3. The number of nitriles is 1. The summed E-state index contributed by atoms with van der Waals surface area (Å²) in [5, 5.41) is 12.0. The van der Waals surface area contributed by atoms with Crippen molar-refractivity contribution in [2.45, 2.75) is 90.3 Å². The van der Waals surface area contributed by atoms with Crippen molar-refractivity contribution in [2.75, 3.05) is 32.8 Å². The molecule has 1 unspecified atom stereocenters. The number of rotatable bonds is 19. The third-order valence-electron chi connectivity index (χ3n) is 10.2. The summed E-state index contributed by atoms with van der Waals surface area (Å²) in [4.78, 5) is 37.4. The minimum atomic E-state index is -1.98. The van der Waals surface area contributed by atoms with Gasteiger partial charge in [-0.05, 0) is 68.7 Å². The molecule has 324 valence electrons. The maximum atomic E-state index is 17.7. The van der Waals surface area contributed by atoms with Gasteiger partial charge < -0.3 is 28.0 Å². The Hall–Kier alpha value is -5.27. The van der Waals surface area contributed by atoms with Crippen molar-refractivity contribution in [3.8, 4) is 17.6 Å². The number of halogens is 1. The summed E-state index contributed by atoms with van der Waals surface area (Å²) in [5.41, 5.74) is 0.306. The second-order valence-corrected chi connectivity index (χ2v) is 16.7. The molecule has 3 aromatic carbocycles. The largest absolute Gasteiger partial charge is 0.497 e. The molecule has 3 heterocycles. The molecule has 61 heavy (non-hydrogen) atoms. The van der Waals surface area contributed by atoms with Gasteiger partial charge >= 0.3 is 0 Å². The molecule has 0 radical (unpaired) electrons. The highest BCUT2D eigenvalue weighted by Crippen LogP contribution is 2.52. The molecule has 1 amide bonds. The Morgan fingerprint density at radius 1 is 0.967 bits per heavy atom. The number of hydrogen-bond donors (Lipinski definition) is 2. The Kier molecular flexibility index (Phi) is 14.9. The van der Waals surface area contributed by atoms with E-state index in [-0.39, 0.29) is 54.7 Å². The van der Waals surface area contributed by atoms with E-state index in [4.69, 9.17) is 28.0 Å². The van der Waals surface area contributed by atoms with E-state index in [1.807, 2.05) is 111 Å². The Labute approximate surface area is 356 Å². The Bertz CT molecular complexity index is 2260. The van der Waals surface area contributed by atoms with Crippen LogP contribution in [0.4, 0.5) is 10.3 Å². The summed E-state index contributed by atoms with van der Waals surface area (Å²) >= 11 is 0. The zero-order chi connectivity index (χ0) is 43.8.